The van der Waals surface area contributed by atoms with E-state index in [4.69, 9.17) is 0 Å². The van der Waals surface area contributed by atoms with Gasteiger partial charge in [0.1, 0.15) is 10.7 Å². The van der Waals surface area contributed by atoms with Crippen molar-refractivity contribution in [1.82, 2.24) is 9.55 Å². The Morgan fingerprint density at radius 1 is 0.966 bits per heavy atom. The van der Waals surface area contributed by atoms with E-state index >= 15 is 0 Å². The van der Waals surface area contributed by atoms with E-state index in [0.717, 1.165) is 12.1 Å². The van der Waals surface area contributed by atoms with Crippen molar-refractivity contribution in [3.8, 4) is 11.1 Å². The van der Waals surface area contributed by atoms with Crippen LogP contribution in [0.15, 0.2) is 70.6 Å². The van der Waals surface area contributed by atoms with Crippen molar-refractivity contribution in [1.29, 1.82) is 0 Å². The van der Waals surface area contributed by atoms with Crippen molar-refractivity contribution >= 4 is 21.7 Å². The van der Waals surface area contributed by atoms with E-state index < -0.39 is 15.1 Å². The summed E-state index contributed by atoms with van der Waals surface area (Å²) < 4.78 is 65.9. The summed E-state index contributed by atoms with van der Waals surface area (Å²) in [6.45, 7) is 3.71. The molecule has 0 saturated heterocycles. The predicted octanol–water partition coefficient (Wildman–Crippen LogP) is 6.89. The average molecular weight is 431 g/mol. The first-order valence-corrected chi connectivity index (χ1v) is 10.5. The summed E-state index contributed by atoms with van der Waals surface area (Å²) in [5.74, 6) is 0.307. The van der Waals surface area contributed by atoms with Gasteiger partial charge in [0, 0.05) is 41.3 Å². The van der Waals surface area contributed by atoms with Gasteiger partial charge in [0.2, 0.25) is 0 Å². The van der Waals surface area contributed by atoms with Gasteiger partial charge in [-0.25, -0.2) is 4.98 Å². The molecule has 0 fully saturated rings. The molecular formula is C19H18F5N3OS. The maximum atomic E-state index is 12.9. The lowest BCUT2D eigenvalue weighted by molar-refractivity contribution is 0.364. The Labute approximate surface area is 163 Å². The summed E-state index contributed by atoms with van der Waals surface area (Å²) in [5.41, 5.74) is 1.25. The maximum absolute atomic E-state index is 12.9. The van der Waals surface area contributed by atoms with Gasteiger partial charge in [-0.15, -0.1) is 0 Å². The molecule has 0 aliphatic rings. The largest absolute Gasteiger partial charge is 0.340 e. The number of aromatic nitrogens is 2. The smallest absolute Gasteiger partial charge is 0.310 e. The highest BCUT2D eigenvalue weighted by Crippen LogP contribution is 3.02. The fourth-order valence-electron chi connectivity index (χ4n) is 2.74. The minimum absolute atomic E-state index is 0.0740. The lowest BCUT2D eigenvalue weighted by Gasteiger charge is -2.40. The van der Waals surface area contributed by atoms with E-state index in [2.05, 4.69) is 10.3 Å². The Kier molecular flexibility index (Phi) is 4.54. The highest BCUT2D eigenvalue weighted by molar-refractivity contribution is 8.45. The summed E-state index contributed by atoms with van der Waals surface area (Å²) in [6, 6.07) is 8.86. The second-order valence-electron chi connectivity index (χ2n) is 6.77. The molecule has 1 N–H and O–H groups in total. The van der Waals surface area contributed by atoms with Gasteiger partial charge in [-0.1, -0.05) is 19.4 Å². The number of nitrogens with zero attached hydrogens (tertiary/aromatic N) is 2. The summed E-state index contributed by atoms with van der Waals surface area (Å²) in [5, 5.41) is 2.84. The van der Waals surface area contributed by atoms with Crippen molar-refractivity contribution in [2.24, 2.45) is 0 Å². The third-order valence-electron chi connectivity index (χ3n) is 4.18. The molecule has 4 nitrogen and oxygen atoms in total. The van der Waals surface area contributed by atoms with Crippen molar-refractivity contribution in [3.63, 3.8) is 0 Å². The van der Waals surface area contributed by atoms with Crippen molar-refractivity contribution < 1.29 is 19.4 Å². The Balaban J connectivity index is 1.97. The third-order valence-corrected chi connectivity index (χ3v) is 5.34. The number of anilines is 2. The van der Waals surface area contributed by atoms with Crippen LogP contribution in [0.5, 0.6) is 0 Å². The van der Waals surface area contributed by atoms with Gasteiger partial charge >= 0.3 is 10.2 Å². The van der Waals surface area contributed by atoms with Crippen LogP contribution >= 0.6 is 10.2 Å². The number of rotatable bonds is 5. The quantitative estimate of drug-likeness (QED) is 0.448. The van der Waals surface area contributed by atoms with Crippen LogP contribution in [0, 0.1) is 0 Å². The minimum atomic E-state index is -9.72. The van der Waals surface area contributed by atoms with E-state index in [9.17, 15) is 24.2 Å². The first-order valence-electron chi connectivity index (χ1n) is 8.53. The molecule has 0 bridgehead atoms. The number of nitrogens with one attached hydrogen (secondary N) is 1. The highest BCUT2D eigenvalue weighted by Gasteiger charge is 2.65. The Bertz CT molecular complexity index is 1110. The van der Waals surface area contributed by atoms with Crippen molar-refractivity contribution in [2.75, 3.05) is 5.32 Å². The number of pyridine rings is 2. The molecule has 29 heavy (non-hydrogen) atoms. The second-order valence-corrected chi connectivity index (χ2v) is 9.18. The van der Waals surface area contributed by atoms with Crippen molar-refractivity contribution in [2.45, 2.75) is 24.8 Å². The van der Waals surface area contributed by atoms with Gasteiger partial charge in [-0.05, 0) is 56.3 Å². The first kappa shape index (κ1) is 20.8. The molecule has 0 radical (unpaired) electrons. The maximum Gasteiger partial charge on any atom is 0.310 e. The molecular weight excluding hydrogens is 413 g/mol. The summed E-state index contributed by atoms with van der Waals surface area (Å²) in [7, 11) is -9.72. The van der Waals surface area contributed by atoms with E-state index in [1.54, 1.807) is 24.4 Å². The van der Waals surface area contributed by atoms with Crippen LogP contribution in [0.1, 0.15) is 19.9 Å². The van der Waals surface area contributed by atoms with Crippen LogP contribution in [0.25, 0.3) is 11.1 Å². The molecule has 0 atom stereocenters. The highest BCUT2D eigenvalue weighted by atomic mass is 32.5. The van der Waals surface area contributed by atoms with Crippen LogP contribution in [-0.2, 0) is 0 Å². The molecule has 10 heteroatoms. The standard InChI is InChI=1S/C19H18F5N3OS/c1-13(2)27-12-14(5-10-18(27)28)17-4-3-11-25-19(17)26-15-6-8-16(9-7-15)29(20,21,22,23)24/h3-13H,1-2H3,(H,25,26). The predicted molar refractivity (Wildman–Crippen MR) is 105 cm³/mol. The molecule has 2 heterocycles. The van der Waals surface area contributed by atoms with Crippen LogP contribution < -0.4 is 10.9 Å². The number of benzene rings is 1. The van der Waals surface area contributed by atoms with Crippen LogP contribution in [0.3, 0.4) is 0 Å². The Morgan fingerprint density at radius 2 is 1.62 bits per heavy atom. The molecule has 156 valence electrons. The molecule has 0 aliphatic heterocycles. The fourth-order valence-corrected chi connectivity index (χ4v) is 3.39. The van der Waals surface area contributed by atoms with Gasteiger partial charge in [-0.3, -0.25) is 4.79 Å². The number of hydrogen-bond donors (Lipinski definition) is 1. The first-order chi connectivity index (χ1) is 13.2. The van der Waals surface area contributed by atoms with Crippen molar-refractivity contribution in [3.05, 3.63) is 71.3 Å². The zero-order valence-electron chi connectivity index (χ0n) is 15.5. The van der Waals surface area contributed by atoms with E-state index in [-0.39, 0.29) is 17.3 Å². The fraction of sp³-hybridized carbons (Fsp3) is 0.158. The number of hydrogen-bond acceptors (Lipinski definition) is 3. The van der Waals surface area contributed by atoms with Gasteiger partial charge < -0.3 is 9.88 Å². The van der Waals surface area contributed by atoms with Gasteiger partial charge in [0.05, 0.1) is 0 Å². The molecule has 0 spiro atoms. The zero-order chi connectivity index (χ0) is 21.5. The van der Waals surface area contributed by atoms with Gasteiger partial charge in [0.15, 0.2) is 0 Å². The van der Waals surface area contributed by atoms with Crippen LogP contribution in [0.2, 0.25) is 0 Å². The third kappa shape index (κ3) is 4.76. The summed E-state index contributed by atoms with van der Waals surface area (Å²) >= 11 is 0. The molecule has 1 aromatic carbocycles. The molecule has 2 aromatic heterocycles. The second kappa shape index (κ2) is 6.31. The molecule has 3 aromatic rings. The Morgan fingerprint density at radius 3 is 2.21 bits per heavy atom. The molecule has 0 amide bonds. The molecule has 0 unspecified atom stereocenters. The van der Waals surface area contributed by atoms with Crippen LogP contribution in [-0.4, -0.2) is 9.55 Å². The Hall–Kier alpha value is -2.88. The van der Waals surface area contributed by atoms with E-state index in [1.165, 1.54) is 16.8 Å². The number of halogens is 5. The monoisotopic (exact) mass is 431 g/mol. The molecule has 3 rings (SSSR count). The average Bonchev–Trinajstić information content (AvgIpc) is 2.61. The lowest BCUT2D eigenvalue weighted by atomic mass is 10.1. The minimum Gasteiger partial charge on any atom is -0.340 e. The SMILES string of the molecule is CC(C)n1cc(-c2cccnc2Nc2ccc(S(F)(F)(F)(F)F)cc2)ccc1=O. The van der Waals surface area contributed by atoms with E-state index in [1.807, 2.05) is 13.8 Å². The summed E-state index contributed by atoms with van der Waals surface area (Å²) in [6.07, 6.45) is 3.14. The molecule has 0 aliphatic carbocycles. The lowest BCUT2D eigenvalue weighted by Crippen LogP contribution is -2.20. The zero-order valence-corrected chi connectivity index (χ0v) is 16.3. The van der Waals surface area contributed by atoms with Gasteiger partial charge in [0.25, 0.3) is 5.56 Å². The normalized spacial score (nSPS) is 14.3. The summed E-state index contributed by atoms with van der Waals surface area (Å²) in [4.78, 5) is 14.2. The van der Waals surface area contributed by atoms with Crippen LogP contribution in [0.4, 0.5) is 30.9 Å². The van der Waals surface area contributed by atoms with E-state index in [0.29, 0.717) is 29.1 Å². The topological polar surface area (TPSA) is 46.9 Å². The van der Waals surface area contributed by atoms with Gasteiger partial charge in [-0.2, -0.15) is 0 Å². The molecule has 0 saturated carbocycles.